The predicted molar refractivity (Wildman–Crippen MR) is 85.5 cm³/mol. The molecule has 3 heteroatoms. The average Bonchev–Trinajstić information content (AvgIpc) is 2.40. The Morgan fingerprint density at radius 1 is 1.26 bits per heavy atom. The summed E-state index contributed by atoms with van der Waals surface area (Å²) in [5.74, 6) is 0. The van der Waals surface area contributed by atoms with Crippen molar-refractivity contribution in [1.29, 1.82) is 0 Å². The summed E-state index contributed by atoms with van der Waals surface area (Å²) in [5, 5.41) is 7.57. The molecule has 1 aromatic carbocycles. The maximum absolute atomic E-state index is 5.35. The number of nitrogens with one attached hydrogen (secondary N) is 2. The second-order valence-corrected chi connectivity index (χ2v) is 5.88. The Morgan fingerprint density at radius 2 is 2.05 bits per heavy atom. The Labute approximate surface area is 122 Å². The minimum absolute atomic E-state index is 0.590. The van der Waals surface area contributed by atoms with Crippen LogP contribution in [0.15, 0.2) is 24.3 Å². The van der Waals surface area contributed by atoms with Crippen LogP contribution in [0.1, 0.15) is 43.2 Å². The van der Waals surface area contributed by atoms with E-state index >= 15 is 0 Å². The summed E-state index contributed by atoms with van der Waals surface area (Å²) in [7, 11) is 0. The summed E-state index contributed by atoms with van der Waals surface area (Å²) in [6, 6.07) is 9.24. The minimum atomic E-state index is 0.590. The fourth-order valence-electron chi connectivity index (χ4n) is 2.67. The molecule has 0 spiro atoms. The lowest BCUT2D eigenvalue weighted by Crippen LogP contribution is -2.43. The van der Waals surface area contributed by atoms with Gasteiger partial charge in [-0.1, -0.05) is 49.1 Å². The Balaban J connectivity index is 1.66. The first-order valence-electron chi connectivity index (χ1n) is 7.34. The molecule has 0 radical (unpaired) electrons. The molecule has 2 rings (SSSR count). The van der Waals surface area contributed by atoms with Gasteiger partial charge < -0.3 is 10.6 Å². The van der Waals surface area contributed by atoms with Gasteiger partial charge in [-0.25, -0.2) is 0 Å². The summed E-state index contributed by atoms with van der Waals surface area (Å²) in [5.41, 5.74) is 2.69. The van der Waals surface area contributed by atoms with Gasteiger partial charge in [0.05, 0.1) is 0 Å². The van der Waals surface area contributed by atoms with Crippen molar-refractivity contribution in [3.05, 3.63) is 35.4 Å². The summed E-state index contributed by atoms with van der Waals surface area (Å²) in [6.45, 7) is 3.04. The molecule has 1 aromatic rings. The molecular formula is C16H24N2S. The van der Waals surface area contributed by atoms with Crippen LogP contribution in [0.25, 0.3) is 0 Å². The first-order chi connectivity index (χ1) is 9.24. The lowest BCUT2D eigenvalue weighted by molar-refractivity contribution is 0.412. The van der Waals surface area contributed by atoms with Crippen LogP contribution in [-0.4, -0.2) is 17.7 Å². The number of rotatable bonds is 4. The summed E-state index contributed by atoms with van der Waals surface area (Å²) >= 11 is 5.35. The Bertz CT molecular complexity index is 411. The van der Waals surface area contributed by atoms with Crippen LogP contribution in [0.3, 0.4) is 0 Å². The van der Waals surface area contributed by atoms with E-state index in [1.54, 1.807) is 0 Å². The van der Waals surface area contributed by atoms with E-state index in [0.717, 1.165) is 18.1 Å². The molecule has 0 aliphatic heterocycles. The number of hydrogen-bond acceptors (Lipinski definition) is 1. The van der Waals surface area contributed by atoms with E-state index in [-0.39, 0.29) is 0 Å². The Morgan fingerprint density at radius 3 is 2.79 bits per heavy atom. The monoisotopic (exact) mass is 276 g/mol. The van der Waals surface area contributed by atoms with Gasteiger partial charge in [0.1, 0.15) is 0 Å². The molecule has 1 aliphatic rings. The molecule has 0 atom stereocenters. The minimum Gasteiger partial charge on any atom is -0.362 e. The van der Waals surface area contributed by atoms with E-state index in [2.05, 4.69) is 41.8 Å². The van der Waals surface area contributed by atoms with E-state index in [9.17, 15) is 0 Å². The largest absolute Gasteiger partial charge is 0.362 e. The zero-order valence-corrected chi connectivity index (χ0v) is 12.6. The Kier molecular flexibility index (Phi) is 5.64. The molecule has 0 heterocycles. The van der Waals surface area contributed by atoms with Crippen LogP contribution in [0, 0.1) is 6.92 Å². The van der Waals surface area contributed by atoms with Crippen molar-refractivity contribution in [2.24, 2.45) is 0 Å². The van der Waals surface area contributed by atoms with Gasteiger partial charge in [0.2, 0.25) is 0 Å². The first-order valence-corrected chi connectivity index (χ1v) is 7.75. The summed E-state index contributed by atoms with van der Waals surface area (Å²) < 4.78 is 0. The highest BCUT2D eigenvalue weighted by atomic mass is 32.1. The number of thiocarbonyl (C=S) groups is 1. The van der Waals surface area contributed by atoms with E-state index in [1.807, 2.05) is 0 Å². The summed E-state index contributed by atoms with van der Waals surface area (Å²) in [6.07, 6.45) is 7.60. The van der Waals surface area contributed by atoms with Crippen LogP contribution < -0.4 is 10.6 Å². The van der Waals surface area contributed by atoms with Gasteiger partial charge in [-0.3, -0.25) is 0 Å². The van der Waals surface area contributed by atoms with E-state index in [0.29, 0.717) is 6.04 Å². The average molecular weight is 276 g/mol. The van der Waals surface area contributed by atoms with Crippen molar-refractivity contribution < 1.29 is 0 Å². The van der Waals surface area contributed by atoms with E-state index in [1.165, 1.54) is 43.2 Å². The number of aryl methyl sites for hydroxylation is 1. The molecule has 1 aliphatic carbocycles. The lowest BCUT2D eigenvalue weighted by atomic mass is 9.96. The molecule has 104 valence electrons. The van der Waals surface area contributed by atoms with Gasteiger partial charge in [0.25, 0.3) is 0 Å². The highest BCUT2D eigenvalue weighted by Gasteiger charge is 2.13. The zero-order valence-electron chi connectivity index (χ0n) is 11.7. The van der Waals surface area contributed by atoms with Crippen molar-refractivity contribution in [1.82, 2.24) is 10.6 Å². The predicted octanol–water partition coefficient (Wildman–Crippen LogP) is 3.33. The van der Waals surface area contributed by atoms with Crippen molar-refractivity contribution in [2.75, 3.05) is 6.54 Å². The molecule has 0 amide bonds. The third-order valence-corrected chi connectivity index (χ3v) is 3.98. The first kappa shape index (κ1) is 14.3. The van der Waals surface area contributed by atoms with Gasteiger partial charge in [0, 0.05) is 12.6 Å². The van der Waals surface area contributed by atoms with Crippen molar-refractivity contribution >= 4 is 17.3 Å². The third kappa shape index (κ3) is 5.19. The van der Waals surface area contributed by atoms with Crippen LogP contribution >= 0.6 is 12.2 Å². The topological polar surface area (TPSA) is 24.1 Å². The maximum atomic E-state index is 5.35. The second kappa shape index (κ2) is 7.49. The fraction of sp³-hybridized carbons (Fsp3) is 0.562. The highest BCUT2D eigenvalue weighted by Crippen LogP contribution is 2.17. The maximum Gasteiger partial charge on any atom is 0.166 e. The van der Waals surface area contributed by atoms with Gasteiger partial charge in [-0.15, -0.1) is 0 Å². The molecule has 2 N–H and O–H groups in total. The molecule has 0 bridgehead atoms. The van der Waals surface area contributed by atoms with Crippen LogP contribution in [0.4, 0.5) is 0 Å². The van der Waals surface area contributed by atoms with Crippen molar-refractivity contribution in [3.8, 4) is 0 Å². The van der Waals surface area contributed by atoms with Gasteiger partial charge in [-0.05, 0) is 44.0 Å². The quantitative estimate of drug-likeness (QED) is 0.825. The second-order valence-electron chi connectivity index (χ2n) is 5.47. The van der Waals surface area contributed by atoms with Crippen LogP contribution in [0.2, 0.25) is 0 Å². The van der Waals surface area contributed by atoms with E-state index < -0.39 is 0 Å². The molecule has 19 heavy (non-hydrogen) atoms. The van der Waals surface area contributed by atoms with E-state index in [4.69, 9.17) is 12.2 Å². The number of hydrogen-bond donors (Lipinski definition) is 2. The highest BCUT2D eigenvalue weighted by molar-refractivity contribution is 7.80. The smallest absolute Gasteiger partial charge is 0.166 e. The number of benzene rings is 1. The van der Waals surface area contributed by atoms with Crippen molar-refractivity contribution in [2.45, 2.75) is 51.5 Å². The van der Waals surface area contributed by atoms with Gasteiger partial charge in [-0.2, -0.15) is 0 Å². The van der Waals surface area contributed by atoms with Crippen molar-refractivity contribution in [3.63, 3.8) is 0 Å². The zero-order chi connectivity index (χ0) is 13.5. The molecular weight excluding hydrogens is 252 g/mol. The molecule has 1 fully saturated rings. The molecule has 0 unspecified atom stereocenters. The molecule has 1 saturated carbocycles. The van der Waals surface area contributed by atoms with Crippen LogP contribution in [-0.2, 0) is 6.42 Å². The summed E-state index contributed by atoms with van der Waals surface area (Å²) in [4.78, 5) is 0. The molecule has 0 saturated heterocycles. The fourth-order valence-corrected chi connectivity index (χ4v) is 2.94. The third-order valence-electron chi connectivity index (χ3n) is 3.72. The van der Waals surface area contributed by atoms with Gasteiger partial charge in [0.15, 0.2) is 5.11 Å². The lowest BCUT2D eigenvalue weighted by Gasteiger charge is -2.24. The van der Waals surface area contributed by atoms with Gasteiger partial charge >= 0.3 is 0 Å². The standard InChI is InChI=1S/C16H24N2S/c1-13-6-5-7-14(12-13)10-11-17-16(19)18-15-8-3-2-4-9-15/h5-7,12,15H,2-4,8-11H2,1H3,(H2,17,18,19). The Hall–Kier alpha value is -1.09. The molecule has 2 nitrogen and oxygen atoms in total. The van der Waals surface area contributed by atoms with Crippen LogP contribution in [0.5, 0.6) is 0 Å². The molecule has 0 aromatic heterocycles. The SMILES string of the molecule is Cc1cccc(CCNC(=S)NC2CCCCC2)c1. The normalized spacial score (nSPS) is 16.1.